The molecule has 1 amide bonds. The Morgan fingerprint density at radius 3 is 2.33 bits per heavy atom. The van der Waals surface area contributed by atoms with Gasteiger partial charge in [-0.1, -0.05) is 20.8 Å². The number of anilines is 1. The molecular weight excluding hydrogens is 264 g/mol. The van der Waals surface area contributed by atoms with Gasteiger partial charge in [-0.05, 0) is 55.4 Å². The van der Waals surface area contributed by atoms with E-state index in [-0.39, 0.29) is 11.3 Å². The summed E-state index contributed by atoms with van der Waals surface area (Å²) < 4.78 is 5.90. The molecule has 0 saturated heterocycles. The fourth-order valence-corrected chi connectivity index (χ4v) is 2.43. The first-order valence-corrected chi connectivity index (χ1v) is 7.69. The van der Waals surface area contributed by atoms with Gasteiger partial charge in [0.05, 0.1) is 12.1 Å². The highest BCUT2D eigenvalue weighted by molar-refractivity contribution is 5.95. The first-order chi connectivity index (χ1) is 9.86. The first kappa shape index (κ1) is 15.8. The third-order valence-corrected chi connectivity index (χ3v) is 3.94. The van der Waals surface area contributed by atoms with Crippen LogP contribution in [0.3, 0.4) is 0 Å². The number of nitrogens with one attached hydrogen (secondary N) is 1. The van der Waals surface area contributed by atoms with Crippen molar-refractivity contribution in [1.29, 1.82) is 0 Å². The number of hydrogen-bond acceptors (Lipinski definition) is 3. The van der Waals surface area contributed by atoms with Gasteiger partial charge in [-0.15, -0.1) is 0 Å². The maximum Gasteiger partial charge on any atom is 0.241 e. The molecule has 1 atom stereocenters. The van der Waals surface area contributed by atoms with E-state index in [1.165, 1.54) is 12.8 Å². The van der Waals surface area contributed by atoms with Crippen molar-refractivity contribution in [2.75, 3.05) is 5.32 Å². The zero-order valence-electron chi connectivity index (χ0n) is 13.2. The van der Waals surface area contributed by atoms with Gasteiger partial charge < -0.3 is 15.8 Å². The van der Waals surface area contributed by atoms with E-state index in [0.29, 0.717) is 6.10 Å². The van der Waals surface area contributed by atoms with Crippen molar-refractivity contribution in [3.8, 4) is 5.75 Å². The molecule has 0 heterocycles. The molecule has 116 valence electrons. The number of nitrogens with two attached hydrogens (primary N) is 1. The van der Waals surface area contributed by atoms with Gasteiger partial charge in [0.1, 0.15) is 5.75 Å². The van der Waals surface area contributed by atoms with Crippen LogP contribution in [-0.2, 0) is 4.79 Å². The Kier molecular flexibility index (Phi) is 4.88. The van der Waals surface area contributed by atoms with Crippen molar-refractivity contribution in [3.05, 3.63) is 24.3 Å². The minimum atomic E-state index is -0.535. The van der Waals surface area contributed by atoms with Crippen molar-refractivity contribution in [2.24, 2.45) is 11.1 Å². The number of carbonyl (C=O) groups excluding carboxylic acids is 1. The third kappa shape index (κ3) is 4.46. The molecule has 0 unspecified atom stereocenters. The highest BCUT2D eigenvalue weighted by Crippen LogP contribution is 2.25. The summed E-state index contributed by atoms with van der Waals surface area (Å²) in [7, 11) is 0. The Morgan fingerprint density at radius 2 is 1.81 bits per heavy atom. The smallest absolute Gasteiger partial charge is 0.241 e. The minimum absolute atomic E-state index is 0.160. The lowest BCUT2D eigenvalue weighted by molar-refractivity contribution is -0.119. The lowest BCUT2D eigenvalue weighted by Gasteiger charge is -2.25. The van der Waals surface area contributed by atoms with E-state index in [1.807, 2.05) is 45.0 Å². The Bertz CT molecular complexity index is 471. The van der Waals surface area contributed by atoms with Gasteiger partial charge in [-0.2, -0.15) is 0 Å². The molecule has 21 heavy (non-hydrogen) atoms. The van der Waals surface area contributed by atoms with Crippen LogP contribution in [0.25, 0.3) is 0 Å². The van der Waals surface area contributed by atoms with Gasteiger partial charge in [0.15, 0.2) is 0 Å². The van der Waals surface area contributed by atoms with Crippen LogP contribution in [0.4, 0.5) is 5.69 Å². The minimum Gasteiger partial charge on any atom is -0.490 e. The quantitative estimate of drug-likeness (QED) is 0.894. The van der Waals surface area contributed by atoms with Gasteiger partial charge in [0.25, 0.3) is 0 Å². The van der Waals surface area contributed by atoms with Gasteiger partial charge >= 0.3 is 0 Å². The molecule has 1 aromatic carbocycles. The average Bonchev–Trinajstić information content (AvgIpc) is 2.92. The van der Waals surface area contributed by atoms with Gasteiger partial charge in [0, 0.05) is 5.69 Å². The maximum atomic E-state index is 12.1. The molecule has 0 aliphatic heterocycles. The first-order valence-electron chi connectivity index (χ1n) is 7.69. The zero-order chi connectivity index (χ0) is 15.5. The third-order valence-electron chi connectivity index (χ3n) is 3.94. The summed E-state index contributed by atoms with van der Waals surface area (Å²) in [6.07, 6.45) is 5.13. The van der Waals surface area contributed by atoms with Crippen molar-refractivity contribution in [1.82, 2.24) is 0 Å². The summed E-state index contributed by atoms with van der Waals surface area (Å²) in [5, 5.41) is 2.85. The van der Waals surface area contributed by atoms with Crippen LogP contribution >= 0.6 is 0 Å². The number of ether oxygens (including phenoxy) is 1. The maximum absolute atomic E-state index is 12.1. The Hall–Kier alpha value is -1.55. The van der Waals surface area contributed by atoms with Crippen molar-refractivity contribution >= 4 is 11.6 Å². The van der Waals surface area contributed by atoms with E-state index in [0.717, 1.165) is 24.3 Å². The number of rotatable bonds is 4. The molecule has 1 saturated carbocycles. The highest BCUT2D eigenvalue weighted by atomic mass is 16.5. The average molecular weight is 290 g/mol. The lowest BCUT2D eigenvalue weighted by Crippen LogP contribution is -2.45. The number of benzene rings is 1. The molecule has 0 radical (unpaired) electrons. The lowest BCUT2D eigenvalue weighted by atomic mass is 9.87. The van der Waals surface area contributed by atoms with E-state index in [2.05, 4.69) is 5.32 Å². The van der Waals surface area contributed by atoms with E-state index in [9.17, 15) is 4.79 Å². The molecule has 1 aromatic rings. The van der Waals surface area contributed by atoms with Crippen LogP contribution in [-0.4, -0.2) is 18.1 Å². The molecule has 2 rings (SSSR count). The molecule has 0 aromatic heterocycles. The van der Waals surface area contributed by atoms with Gasteiger partial charge in [-0.25, -0.2) is 0 Å². The van der Waals surface area contributed by atoms with Crippen LogP contribution in [0.1, 0.15) is 46.5 Å². The summed E-state index contributed by atoms with van der Waals surface area (Å²) in [6.45, 7) is 5.86. The van der Waals surface area contributed by atoms with Crippen LogP contribution in [0.5, 0.6) is 5.75 Å². The Balaban J connectivity index is 1.91. The van der Waals surface area contributed by atoms with Crippen molar-refractivity contribution in [3.63, 3.8) is 0 Å². The van der Waals surface area contributed by atoms with Gasteiger partial charge in [0.2, 0.25) is 5.91 Å². The summed E-state index contributed by atoms with van der Waals surface area (Å²) in [4.78, 5) is 12.1. The second kappa shape index (κ2) is 6.48. The van der Waals surface area contributed by atoms with E-state index in [1.54, 1.807) is 0 Å². The van der Waals surface area contributed by atoms with Crippen LogP contribution in [0.15, 0.2) is 24.3 Å². The molecule has 1 aliphatic carbocycles. The second-order valence-corrected chi connectivity index (χ2v) is 6.88. The number of amides is 1. The molecule has 0 bridgehead atoms. The zero-order valence-corrected chi connectivity index (χ0v) is 13.2. The molecule has 1 fully saturated rings. The summed E-state index contributed by atoms with van der Waals surface area (Å²) in [6, 6.07) is 6.98. The summed E-state index contributed by atoms with van der Waals surface area (Å²) in [5.41, 5.74) is 6.44. The van der Waals surface area contributed by atoms with E-state index >= 15 is 0 Å². The van der Waals surface area contributed by atoms with Crippen molar-refractivity contribution < 1.29 is 9.53 Å². The van der Waals surface area contributed by atoms with E-state index < -0.39 is 6.04 Å². The molecule has 4 heteroatoms. The van der Waals surface area contributed by atoms with Crippen LogP contribution < -0.4 is 15.8 Å². The molecule has 4 nitrogen and oxygen atoms in total. The molecule has 3 N–H and O–H groups in total. The van der Waals surface area contributed by atoms with E-state index in [4.69, 9.17) is 10.5 Å². The molecule has 1 aliphatic rings. The summed E-state index contributed by atoms with van der Waals surface area (Å²) >= 11 is 0. The highest BCUT2D eigenvalue weighted by Gasteiger charge is 2.27. The fourth-order valence-electron chi connectivity index (χ4n) is 2.43. The summed E-state index contributed by atoms with van der Waals surface area (Å²) in [5.74, 6) is 0.701. The normalized spacial score (nSPS) is 17.5. The fraction of sp³-hybridized carbons (Fsp3) is 0.588. The largest absolute Gasteiger partial charge is 0.490 e. The van der Waals surface area contributed by atoms with Crippen LogP contribution in [0, 0.1) is 5.41 Å². The number of carbonyl (C=O) groups is 1. The SMILES string of the molecule is CC(C)(C)[C@H](N)C(=O)Nc1ccc(OC2CCCC2)cc1. The van der Waals surface area contributed by atoms with Gasteiger partial charge in [-0.3, -0.25) is 4.79 Å². The Labute approximate surface area is 127 Å². The molecule has 0 spiro atoms. The second-order valence-electron chi connectivity index (χ2n) is 6.88. The number of hydrogen-bond donors (Lipinski definition) is 2. The standard InChI is InChI=1S/C17H26N2O2/c1-17(2,3)15(18)16(20)19-12-8-10-14(11-9-12)21-13-6-4-5-7-13/h8-11,13,15H,4-7,18H2,1-3H3,(H,19,20)/t15-/m1/s1. The van der Waals surface area contributed by atoms with Crippen LogP contribution in [0.2, 0.25) is 0 Å². The monoisotopic (exact) mass is 290 g/mol. The predicted molar refractivity (Wildman–Crippen MR) is 85.4 cm³/mol. The topological polar surface area (TPSA) is 64.4 Å². The molecular formula is C17H26N2O2. The van der Waals surface area contributed by atoms with Crippen molar-refractivity contribution in [2.45, 2.75) is 58.6 Å². The predicted octanol–water partition coefficient (Wildman–Crippen LogP) is 3.32. The Morgan fingerprint density at radius 1 is 1.24 bits per heavy atom.